The first-order valence-corrected chi connectivity index (χ1v) is 22.1. The molecular weight excluding hydrogens is 721 g/mol. The quantitative estimate of drug-likeness (QED) is 0.0737. The van der Waals surface area contributed by atoms with Gasteiger partial charge in [-0.2, -0.15) is 0 Å². The summed E-state index contributed by atoms with van der Waals surface area (Å²) in [7, 11) is -2.85. The van der Waals surface area contributed by atoms with E-state index in [0.717, 1.165) is 39.0 Å². The Kier molecular flexibility index (Phi) is 11.0. The maximum atomic E-state index is 14.5. The van der Waals surface area contributed by atoms with Crippen molar-refractivity contribution in [3.63, 3.8) is 0 Å². The van der Waals surface area contributed by atoms with Crippen LogP contribution in [-0.2, 0) is 27.1 Å². The van der Waals surface area contributed by atoms with Crippen LogP contribution in [0.5, 0.6) is 0 Å². The number of fused-ring (bicyclic) bond motifs is 2. The van der Waals surface area contributed by atoms with Crippen molar-refractivity contribution in [3.05, 3.63) is 138 Å². The number of furan rings is 1. The van der Waals surface area contributed by atoms with Crippen LogP contribution < -0.4 is 10.4 Å². The van der Waals surface area contributed by atoms with Gasteiger partial charge < -0.3 is 18.1 Å². The van der Waals surface area contributed by atoms with E-state index in [1.54, 1.807) is 6.92 Å². The number of aromatic nitrogens is 1. The minimum atomic E-state index is -2.85. The Morgan fingerprint density at radius 2 is 1.49 bits per heavy atom. The SMILES string of the molecule is CCOC(=O)c1cc2c(c(-c3cccc(-c4cc5ccccc5o4)c3)n1)[C@@H](CCO[Si](c1ccccc1)(c1ccccc1)C(C)(C)C)N([S@+]([O-])C(C)(C)C)C2. The number of carbonyl (C=O) groups is 1. The Balaban J connectivity index is 1.34. The number of pyridine rings is 1. The average Bonchev–Trinajstić information content (AvgIpc) is 3.78. The van der Waals surface area contributed by atoms with Crippen LogP contribution in [0.15, 0.2) is 126 Å². The molecule has 0 unspecified atom stereocenters. The highest BCUT2D eigenvalue weighted by Crippen LogP contribution is 2.46. The molecular formula is C46H50N2O5SSi. The molecule has 55 heavy (non-hydrogen) atoms. The van der Waals surface area contributed by atoms with Crippen molar-refractivity contribution in [3.8, 4) is 22.6 Å². The van der Waals surface area contributed by atoms with Crippen LogP contribution in [0.2, 0.25) is 5.04 Å². The molecule has 3 heterocycles. The van der Waals surface area contributed by atoms with Crippen LogP contribution in [0.3, 0.4) is 0 Å². The van der Waals surface area contributed by atoms with Crippen molar-refractivity contribution < 1.29 is 22.9 Å². The Labute approximate surface area is 329 Å². The molecule has 0 saturated carbocycles. The lowest BCUT2D eigenvalue weighted by Crippen LogP contribution is -2.66. The maximum absolute atomic E-state index is 14.5. The topological polar surface area (TPSA) is 87.9 Å². The molecule has 284 valence electrons. The fraction of sp³-hybridized carbons (Fsp3) is 0.304. The third kappa shape index (κ3) is 7.56. The number of hydrogen-bond donors (Lipinski definition) is 0. The zero-order valence-corrected chi connectivity index (χ0v) is 34.6. The van der Waals surface area contributed by atoms with E-state index in [9.17, 15) is 9.35 Å². The van der Waals surface area contributed by atoms with Gasteiger partial charge in [0.1, 0.15) is 21.8 Å². The smallest absolute Gasteiger partial charge is 0.356 e. The fourth-order valence-corrected chi connectivity index (χ4v) is 13.9. The van der Waals surface area contributed by atoms with Crippen molar-refractivity contribution in [1.82, 2.24) is 9.29 Å². The molecule has 0 fully saturated rings. The second-order valence-corrected chi connectivity index (χ2v) is 22.6. The van der Waals surface area contributed by atoms with Crippen LogP contribution in [0.25, 0.3) is 33.6 Å². The highest BCUT2D eigenvalue weighted by molar-refractivity contribution is 7.90. The van der Waals surface area contributed by atoms with E-state index in [1.165, 1.54) is 10.4 Å². The van der Waals surface area contributed by atoms with Crippen molar-refractivity contribution in [2.24, 2.45) is 0 Å². The first kappa shape index (κ1) is 38.7. The second-order valence-electron chi connectivity index (χ2n) is 16.1. The molecule has 2 atom stereocenters. The van der Waals surface area contributed by atoms with E-state index < -0.39 is 30.4 Å². The molecule has 1 aliphatic rings. The Bertz CT molecular complexity index is 2210. The van der Waals surface area contributed by atoms with Gasteiger partial charge in [-0.3, -0.25) is 0 Å². The molecule has 0 N–H and O–H groups in total. The molecule has 2 aromatic heterocycles. The average molecular weight is 771 g/mol. The van der Waals surface area contributed by atoms with E-state index in [-0.39, 0.29) is 23.4 Å². The summed E-state index contributed by atoms with van der Waals surface area (Å²) in [4.78, 5) is 18.4. The summed E-state index contributed by atoms with van der Waals surface area (Å²) in [6, 6.07) is 40.9. The Morgan fingerprint density at radius 3 is 2.11 bits per heavy atom. The zero-order chi connectivity index (χ0) is 39.0. The molecule has 6 aromatic rings. The van der Waals surface area contributed by atoms with Crippen molar-refractivity contribution in [2.45, 2.75) is 77.3 Å². The van der Waals surface area contributed by atoms with Crippen LogP contribution in [0.1, 0.15) is 82.5 Å². The summed E-state index contributed by atoms with van der Waals surface area (Å²) in [6.45, 7) is 15.7. The van der Waals surface area contributed by atoms with E-state index in [4.69, 9.17) is 18.6 Å². The summed E-state index contributed by atoms with van der Waals surface area (Å²) in [5.74, 6) is 0.258. The lowest BCUT2D eigenvalue weighted by molar-refractivity contribution is 0.0519. The van der Waals surface area contributed by atoms with Gasteiger partial charge in [-0.15, -0.1) is 4.31 Å². The molecule has 0 bridgehead atoms. The van der Waals surface area contributed by atoms with Gasteiger partial charge in [0.15, 0.2) is 0 Å². The van der Waals surface area contributed by atoms with Gasteiger partial charge in [0, 0.05) is 40.0 Å². The molecule has 0 aliphatic carbocycles. The fourth-order valence-electron chi connectivity index (χ4n) is 7.91. The standard InChI is InChI=1S/C46H50N2O5SSi/c1-8-51-44(49)38-29-35-31-48(54(50)45(2,3)4)39(26-27-52-55(46(5,6)7,36-21-11-9-12-22-36)37-23-13-10-14-24-37)42(35)43(47-38)34-20-17-19-32(28-34)41-30-33-18-15-16-25-40(33)53-41/h9-25,28-30,39H,8,26-27,31H2,1-7H3/t39-,54-/m1/s1. The highest BCUT2D eigenvalue weighted by Gasteiger charge is 2.51. The molecule has 0 amide bonds. The first-order chi connectivity index (χ1) is 26.3. The summed E-state index contributed by atoms with van der Waals surface area (Å²) >= 11 is -1.38. The number of esters is 1. The summed E-state index contributed by atoms with van der Waals surface area (Å²) < 4.78 is 35.2. The van der Waals surface area contributed by atoms with E-state index in [1.807, 2.05) is 87.5 Å². The predicted octanol–water partition coefficient (Wildman–Crippen LogP) is 9.62. The number of hydrogen-bond acceptors (Lipinski definition) is 7. The molecule has 0 radical (unpaired) electrons. The highest BCUT2D eigenvalue weighted by atomic mass is 32.2. The van der Waals surface area contributed by atoms with Crippen LogP contribution in [0, 0.1) is 0 Å². The Hall–Kier alpha value is -4.51. The molecule has 0 saturated heterocycles. The molecule has 7 rings (SSSR count). The lowest BCUT2D eigenvalue weighted by Gasteiger charge is -2.43. The Morgan fingerprint density at radius 1 is 0.855 bits per heavy atom. The summed E-state index contributed by atoms with van der Waals surface area (Å²) in [5.41, 5.74) is 5.31. The third-order valence-electron chi connectivity index (χ3n) is 10.3. The molecule has 7 nitrogen and oxygen atoms in total. The van der Waals surface area contributed by atoms with Crippen molar-refractivity contribution in [1.29, 1.82) is 0 Å². The normalized spacial score (nSPS) is 15.6. The van der Waals surface area contributed by atoms with Crippen molar-refractivity contribution in [2.75, 3.05) is 13.2 Å². The monoisotopic (exact) mass is 770 g/mol. The molecule has 9 heteroatoms. The molecule has 0 spiro atoms. The minimum Gasteiger partial charge on any atom is -0.597 e. The van der Waals surface area contributed by atoms with Gasteiger partial charge in [0.05, 0.1) is 24.9 Å². The van der Waals surface area contributed by atoms with E-state index in [2.05, 4.69) is 79.7 Å². The molecule has 1 aliphatic heterocycles. The number of nitrogens with zero attached hydrogens (tertiary/aromatic N) is 2. The van der Waals surface area contributed by atoms with Crippen LogP contribution >= 0.6 is 0 Å². The van der Waals surface area contributed by atoms with Crippen LogP contribution in [-0.4, -0.2) is 46.1 Å². The van der Waals surface area contributed by atoms with E-state index in [0.29, 0.717) is 25.3 Å². The van der Waals surface area contributed by atoms with Gasteiger partial charge in [-0.25, -0.2) is 9.78 Å². The maximum Gasteiger partial charge on any atom is 0.356 e. The minimum absolute atomic E-state index is 0.199. The third-order valence-corrected chi connectivity index (χ3v) is 17.2. The van der Waals surface area contributed by atoms with Crippen LogP contribution in [0.4, 0.5) is 0 Å². The second kappa shape index (κ2) is 15.6. The first-order valence-electron chi connectivity index (χ1n) is 19.1. The number of para-hydroxylation sites is 1. The number of carbonyl (C=O) groups excluding carboxylic acids is 1. The van der Waals surface area contributed by atoms with Gasteiger partial charge >= 0.3 is 5.97 Å². The van der Waals surface area contributed by atoms with Crippen molar-refractivity contribution >= 4 is 47.0 Å². The summed E-state index contributed by atoms with van der Waals surface area (Å²) in [5, 5.41) is 3.24. The lowest BCUT2D eigenvalue weighted by atomic mass is 9.95. The van der Waals surface area contributed by atoms with Gasteiger partial charge in [-0.05, 0) is 79.4 Å². The predicted molar refractivity (Wildman–Crippen MR) is 225 cm³/mol. The summed E-state index contributed by atoms with van der Waals surface area (Å²) in [6.07, 6.45) is 0.565. The largest absolute Gasteiger partial charge is 0.597 e. The van der Waals surface area contributed by atoms with Gasteiger partial charge in [-0.1, -0.05) is 118 Å². The molecule has 4 aromatic carbocycles. The number of benzene rings is 4. The zero-order valence-electron chi connectivity index (χ0n) is 32.8. The number of ether oxygens (including phenoxy) is 1. The van der Waals surface area contributed by atoms with Gasteiger partial charge in [0.25, 0.3) is 8.32 Å². The number of rotatable bonds is 11. The van der Waals surface area contributed by atoms with E-state index >= 15 is 0 Å². The van der Waals surface area contributed by atoms with Gasteiger partial charge in [0.2, 0.25) is 0 Å².